The standard InChI is InChI=1S/C5H7AsF6/c1-6(2)3(4(7,8)9)5(10,11)12/h3H,1-2H3. The van der Waals surface area contributed by atoms with Gasteiger partial charge in [-0.3, -0.25) is 0 Å². The zero-order chi connectivity index (χ0) is 10.2. The van der Waals surface area contributed by atoms with Crippen LogP contribution in [0.5, 0.6) is 0 Å². The molecule has 0 saturated heterocycles. The summed E-state index contributed by atoms with van der Waals surface area (Å²) in [6.45, 7) is 0. The molecule has 0 heterocycles. The van der Waals surface area contributed by atoms with Crippen LogP contribution in [0.3, 0.4) is 0 Å². The Bertz CT molecular complexity index is 131. The molecular weight excluding hydrogens is 249 g/mol. The van der Waals surface area contributed by atoms with Crippen molar-refractivity contribution in [1.29, 1.82) is 0 Å². The molecule has 0 amide bonds. The summed E-state index contributed by atoms with van der Waals surface area (Å²) < 4.78 is 67.6. The van der Waals surface area contributed by atoms with Crippen molar-refractivity contribution in [3.63, 3.8) is 0 Å². The first kappa shape index (κ1) is 12.1. The van der Waals surface area contributed by atoms with Crippen LogP contribution in [0.15, 0.2) is 0 Å². The second-order valence-corrected chi connectivity index (χ2v) is 7.58. The zero-order valence-corrected chi connectivity index (χ0v) is 8.17. The van der Waals surface area contributed by atoms with E-state index in [1.54, 1.807) is 0 Å². The van der Waals surface area contributed by atoms with Gasteiger partial charge < -0.3 is 0 Å². The second-order valence-electron chi connectivity index (χ2n) is 2.45. The van der Waals surface area contributed by atoms with Gasteiger partial charge in [0, 0.05) is 0 Å². The van der Waals surface area contributed by atoms with Gasteiger partial charge in [0.15, 0.2) is 0 Å². The van der Waals surface area contributed by atoms with E-state index < -0.39 is 31.7 Å². The first-order chi connectivity index (χ1) is 5.07. The molecule has 12 heavy (non-hydrogen) atoms. The van der Waals surface area contributed by atoms with E-state index in [0.717, 1.165) is 11.4 Å². The Balaban J connectivity index is 4.70. The van der Waals surface area contributed by atoms with Crippen molar-refractivity contribution in [2.75, 3.05) is 0 Å². The molecule has 0 aliphatic rings. The normalized spacial score (nSPS) is 14.5. The first-order valence-corrected chi connectivity index (χ1v) is 7.70. The molecule has 0 unspecified atom stereocenters. The van der Waals surface area contributed by atoms with E-state index in [0.29, 0.717) is 0 Å². The fraction of sp³-hybridized carbons (Fsp3) is 1.00. The first-order valence-electron chi connectivity index (χ1n) is 2.86. The van der Waals surface area contributed by atoms with Crippen molar-refractivity contribution in [3.8, 4) is 0 Å². The van der Waals surface area contributed by atoms with Crippen molar-refractivity contribution < 1.29 is 26.3 Å². The van der Waals surface area contributed by atoms with Crippen molar-refractivity contribution in [3.05, 3.63) is 0 Å². The number of hydrogen-bond acceptors (Lipinski definition) is 0. The predicted molar refractivity (Wildman–Crippen MR) is 33.3 cm³/mol. The molecule has 0 aliphatic heterocycles. The summed E-state index contributed by atoms with van der Waals surface area (Å²) in [5.74, 6) is 0. The van der Waals surface area contributed by atoms with Crippen molar-refractivity contribution in [1.82, 2.24) is 0 Å². The van der Waals surface area contributed by atoms with E-state index in [4.69, 9.17) is 0 Å². The van der Waals surface area contributed by atoms with Crippen LogP contribution >= 0.6 is 0 Å². The van der Waals surface area contributed by atoms with Crippen LogP contribution < -0.4 is 0 Å². The molecule has 0 aliphatic carbocycles. The van der Waals surface area contributed by atoms with Gasteiger partial charge in [0.25, 0.3) is 0 Å². The van der Waals surface area contributed by atoms with Gasteiger partial charge in [0.2, 0.25) is 0 Å². The Morgan fingerprint density at radius 2 is 1.08 bits per heavy atom. The summed E-state index contributed by atoms with van der Waals surface area (Å²) in [4.78, 5) is 0. The maximum absolute atomic E-state index is 11.8. The third-order valence-electron chi connectivity index (χ3n) is 1.14. The van der Waals surface area contributed by atoms with E-state index >= 15 is 0 Å². The molecule has 0 fully saturated rings. The third-order valence-corrected chi connectivity index (χ3v) is 4.53. The number of alkyl halides is 6. The predicted octanol–water partition coefficient (Wildman–Crippen LogP) is 3.24. The number of rotatable bonds is 1. The van der Waals surface area contributed by atoms with E-state index in [-0.39, 0.29) is 0 Å². The van der Waals surface area contributed by atoms with Crippen molar-refractivity contribution in [2.24, 2.45) is 0 Å². The van der Waals surface area contributed by atoms with Gasteiger partial charge in [0.05, 0.1) is 0 Å². The fourth-order valence-electron chi connectivity index (χ4n) is 0.771. The van der Waals surface area contributed by atoms with Crippen LogP contribution in [0.4, 0.5) is 26.3 Å². The summed E-state index contributed by atoms with van der Waals surface area (Å²) in [6.07, 6.45) is -10.3. The van der Waals surface area contributed by atoms with Crippen molar-refractivity contribution >= 4 is 14.7 Å². The van der Waals surface area contributed by atoms with Gasteiger partial charge in [-0.05, 0) is 0 Å². The van der Waals surface area contributed by atoms with Crippen LogP contribution in [0, 0.1) is 0 Å². The van der Waals surface area contributed by atoms with E-state index in [1.165, 1.54) is 0 Å². The molecule has 7 heteroatoms. The summed E-state index contributed by atoms with van der Waals surface area (Å²) in [7, 11) is 0. The molecule has 74 valence electrons. The molecule has 0 radical (unpaired) electrons. The molecule has 0 rings (SSSR count). The Labute approximate surface area is 70.2 Å². The van der Waals surface area contributed by atoms with Gasteiger partial charge in [-0.1, -0.05) is 0 Å². The second kappa shape index (κ2) is 3.48. The summed E-state index contributed by atoms with van der Waals surface area (Å²) >= 11 is -2.85. The molecule has 0 N–H and O–H groups in total. The van der Waals surface area contributed by atoms with Crippen LogP contribution in [0.25, 0.3) is 0 Å². The molecule has 0 atom stereocenters. The Morgan fingerprint density at radius 3 is 1.08 bits per heavy atom. The monoisotopic (exact) mass is 256 g/mol. The maximum atomic E-state index is 11.8. The van der Waals surface area contributed by atoms with Crippen molar-refractivity contribution in [2.45, 2.75) is 28.5 Å². The van der Waals surface area contributed by atoms with Crippen LogP contribution in [-0.4, -0.2) is 27.0 Å². The van der Waals surface area contributed by atoms with E-state index in [9.17, 15) is 26.3 Å². The molecule has 0 saturated carbocycles. The molecule has 0 bridgehead atoms. The minimum atomic E-state index is -5.14. The van der Waals surface area contributed by atoms with Gasteiger partial charge in [-0.2, -0.15) is 0 Å². The topological polar surface area (TPSA) is 0 Å². The van der Waals surface area contributed by atoms with Gasteiger partial charge in [-0.15, -0.1) is 0 Å². The van der Waals surface area contributed by atoms with Gasteiger partial charge in [-0.25, -0.2) is 0 Å². The molecule has 0 aromatic rings. The minimum absolute atomic E-state index is 1.04. The average Bonchev–Trinajstić information content (AvgIpc) is 1.49. The number of halogens is 6. The summed E-state index contributed by atoms with van der Waals surface area (Å²) in [6, 6.07) is 0. The summed E-state index contributed by atoms with van der Waals surface area (Å²) in [5, 5.41) is 0. The number of hydrogen-bond donors (Lipinski definition) is 0. The Hall–Kier alpha value is 0.138. The zero-order valence-electron chi connectivity index (χ0n) is 6.29. The van der Waals surface area contributed by atoms with E-state index in [1.807, 2.05) is 0 Å². The van der Waals surface area contributed by atoms with Gasteiger partial charge >= 0.3 is 69.5 Å². The third kappa shape index (κ3) is 3.25. The molecule has 0 nitrogen and oxygen atoms in total. The SMILES string of the molecule is C[As](C)C(C(F)(F)F)C(F)(F)F. The Kier molecular flexibility index (Phi) is 3.52. The molecule has 0 spiro atoms. The summed E-state index contributed by atoms with van der Waals surface area (Å²) in [5.41, 5.74) is 2.08. The molecular formula is C5H7AsF6. The average molecular weight is 256 g/mol. The van der Waals surface area contributed by atoms with Crippen LogP contribution in [0.1, 0.15) is 0 Å². The molecule has 0 aromatic carbocycles. The van der Waals surface area contributed by atoms with Crippen LogP contribution in [-0.2, 0) is 0 Å². The van der Waals surface area contributed by atoms with E-state index in [2.05, 4.69) is 0 Å². The van der Waals surface area contributed by atoms with Gasteiger partial charge in [0.1, 0.15) is 0 Å². The molecule has 0 aromatic heterocycles. The fourth-order valence-corrected chi connectivity index (χ4v) is 3.23. The Morgan fingerprint density at radius 1 is 0.833 bits per heavy atom. The van der Waals surface area contributed by atoms with Crippen LogP contribution in [0.2, 0.25) is 16.1 Å². The quantitative estimate of drug-likeness (QED) is 0.499.